The molecule has 1 aliphatic heterocycles. The van der Waals surface area contributed by atoms with E-state index in [0.29, 0.717) is 0 Å². The summed E-state index contributed by atoms with van der Waals surface area (Å²) in [6.45, 7) is 0. The largest absolute Gasteiger partial charge is 0.342 e. The maximum absolute atomic E-state index is 6.84. The summed E-state index contributed by atoms with van der Waals surface area (Å²) in [4.78, 5) is 0. The molecule has 1 nitrogen and oxygen atoms in total. The highest BCUT2D eigenvalue weighted by Gasteiger charge is 2.73. The summed E-state index contributed by atoms with van der Waals surface area (Å²) in [6.07, 6.45) is 0. The summed E-state index contributed by atoms with van der Waals surface area (Å²) >= 11 is 0. The van der Waals surface area contributed by atoms with Crippen molar-refractivity contribution in [3.63, 3.8) is 0 Å². The molecule has 130 valence electrons. The summed E-state index contributed by atoms with van der Waals surface area (Å²) in [5, 5.41) is 0. The van der Waals surface area contributed by atoms with Gasteiger partial charge >= 0.3 is 0 Å². The first kappa shape index (κ1) is 16.0. The summed E-state index contributed by atoms with van der Waals surface area (Å²) in [5.74, 6) is 0. The van der Waals surface area contributed by atoms with Gasteiger partial charge in [-0.25, -0.2) is 0 Å². The number of hydrogen-bond donors (Lipinski definition) is 0. The van der Waals surface area contributed by atoms with Crippen LogP contribution >= 0.6 is 0 Å². The van der Waals surface area contributed by atoms with Crippen molar-refractivity contribution in [3.05, 3.63) is 144 Å². The minimum absolute atomic E-state index is 0.543. The van der Waals surface area contributed by atoms with Crippen LogP contribution < -0.4 is 0 Å². The molecule has 1 aliphatic rings. The molecule has 1 heteroatoms. The minimum Gasteiger partial charge on any atom is -0.342 e. The second kappa shape index (κ2) is 6.22. The van der Waals surface area contributed by atoms with Crippen molar-refractivity contribution in [2.45, 2.75) is 11.2 Å². The Bertz CT molecular complexity index is 859. The van der Waals surface area contributed by atoms with Gasteiger partial charge in [-0.15, -0.1) is 0 Å². The average Bonchev–Trinajstić information content (AvgIpc) is 3.49. The van der Waals surface area contributed by atoms with Gasteiger partial charge in [0.1, 0.15) is 0 Å². The molecule has 1 fully saturated rings. The second-order valence-corrected chi connectivity index (χ2v) is 6.93. The van der Waals surface area contributed by atoms with E-state index in [-0.39, 0.29) is 0 Å². The lowest BCUT2D eigenvalue weighted by molar-refractivity contribution is 0.300. The van der Waals surface area contributed by atoms with E-state index in [9.17, 15) is 0 Å². The third-order valence-corrected chi connectivity index (χ3v) is 5.48. The van der Waals surface area contributed by atoms with Gasteiger partial charge in [-0.05, 0) is 22.3 Å². The van der Waals surface area contributed by atoms with E-state index in [1.165, 1.54) is 22.3 Å². The van der Waals surface area contributed by atoms with E-state index in [4.69, 9.17) is 4.74 Å². The van der Waals surface area contributed by atoms with Crippen LogP contribution in [-0.2, 0) is 15.9 Å². The first-order chi connectivity index (χ1) is 13.4. The molecule has 27 heavy (non-hydrogen) atoms. The minimum atomic E-state index is -0.543. The molecule has 1 heterocycles. The van der Waals surface area contributed by atoms with Crippen LogP contribution in [0.15, 0.2) is 121 Å². The SMILES string of the molecule is c1ccc(C2(c3ccccc3)OC2(c2ccccc2)c2ccccc2)cc1. The monoisotopic (exact) mass is 348 g/mol. The molecule has 0 spiro atoms. The standard InChI is InChI=1S/C26H20O/c1-5-13-21(14-6-1)25(22-15-7-2-8-16-22)26(27-25,23-17-9-3-10-18-23)24-19-11-4-12-20-24/h1-20H. The highest BCUT2D eigenvalue weighted by molar-refractivity contribution is 5.57. The van der Waals surface area contributed by atoms with Crippen LogP contribution in [-0.4, -0.2) is 0 Å². The number of ether oxygens (including phenoxy) is 1. The quantitative estimate of drug-likeness (QED) is 0.418. The molecule has 0 aliphatic carbocycles. The summed E-state index contributed by atoms with van der Waals surface area (Å²) < 4.78 is 6.84. The maximum Gasteiger partial charge on any atom is 0.157 e. The van der Waals surface area contributed by atoms with Crippen molar-refractivity contribution in [2.75, 3.05) is 0 Å². The number of rotatable bonds is 4. The van der Waals surface area contributed by atoms with Gasteiger partial charge in [0.2, 0.25) is 0 Å². The van der Waals surface area contributed by atoms with Crippen LogP contribution in [0.1, 0.15) is 22.3 Å². The van der Waals surface area contributed by atoms with E-state index in [0.717, 1.165) is 0 Å². The first-order valence-electron chi connectivity index (χ1n) is 9.30. The first-order valence-corrected chi connectivity index (χ1v) is 9.30. The zero-order chi connectivity index (χ0) is 18.2. The van der Waals surface area contributed by atoms with E-state index >= 15 is 0 Å². The molecule has 0 radical (unpaired) electrons. The van der Waals surface area contributed by atoms with E-state index < -0.39 is 11.2 Å². The highest BCUT2D eigenvalue weighted by atomic mass is 16.6. The van der Waals surface area contributed by atoms with Gasteiger partial charge < -0.3 is 4.74 Å². The Labute approximate surface area is 159 Å². The predicted octanol–water partition coefficient (Wildman–Crippen LogP) is 5.90. The maximum atomic E-state index is 6.84. The van der Waals surface area contributed by atoms with Crippen molar-refractivity contribution in [2.24, 2.45) is 0 Å². The summed E-state index contributed by atoms with van der Waals surface area (Å²) in [6, 6.07) is 42.2. The van der Waals surface area contributed by atoms with Gasteiger partial charge in [-0.3, -0.25) is 0 Å². The van der Waals surface area contributed by atoms with Gasteiger partial charge in [-0.2, -0.15) is 0 Å². The lowest BCUT2D eigenvalue weighted by Crippen LogP contribution is -2.25. The predicted molar refractivity (Wildman–Crippen MR) is 108 cm³/mol. The van der Waals surface area contributed by atoms with Crippen molar-refractivity contribution in [3.8, 4) is 0 Å². The van der Waals surface area contributed by atoms with Gasteiger partial charge in [0.15, 0.2) is 11.2 Å². The molecule has 0 saturated carbocycles. The molecule has 0 aromatic heterocycles. The normalized spacial score (nSPS) is 16.6. The zero-order valence-electron chi connectivity index (χ0n) is 15.0. The van der Waals surface area contributed by atoms with Crippen LogP contribution in [0.25, 0.3) is 0 Å². The second-order valence-electron chi connectivity index (χ2n) is 6.93. The van der Waals surface area contributed by atoms with E-state index in [1.54, 1.807) is 0 Å². The molecular formula is C26H20O. The highest BCUT2D eigenvalue weighted by Crippen LogP contribution is 2.68. The Morgan fingerprint density at radius 3 is 0.778 bits per heavy atom. The molecular weight excluding hydrogens is 328 g/mol. The lowest BCUT2D eigenvalue weighted by atomic mass is 9.74. The topological polar surface area (TPSA) is 12.5 Å². The van der Waals surface area contributed by atoms with Crippen molar-refractivity contribution >= 4 is 0 Å². The average molecular weight is 348 g/mol. The fourth-order valence-electron chi connectivity index (χ4n) is 4.28. The van der Waals surface area contributed by atoms with Crippen LogP contribution in [0.4, 0.5) is 0 Å². The molecule has 0 amide bonds. The molecule has 0 unspecified atom stereocenters. The number of hydrogen-bond acceptors (Lipinski definition) is 1. The number of benzene rings is 4. The van der Waals surface area contributed by atoms with Crippen molar-refractivity contribution < 1.29 is 4.74 Å². The molecule has 5 rings (SSSR count). The number of epoxide rings is 1. The van der Waals surface area contributed by atoms with Crippen molar-refractivity contribution in [1.29, 1.82) is 0 Å². The van der Waals surface area contributed by atoms with Gasteiger partial charge in [0.25, 0.3) is 0 Å². The van der Waals surface area contributed by atoms with Gasteiger partial charge in [-0.1, -0.05) is 121 Å². The fourth-order valence-corrected chi connectivity index (χ4v) is 4.28. The Morgan fingerprint density at radius 1 is 0.333 bits per heavy atom. The van der Waals surface area contributed by atoms with Crippen LogP contribution in [0, 0.1) is 0 Å². The van der Waals surface area contributed by atoms with Crippen LogP contribution in [0.3, 0.4) is 0 Å². The molecule has 4 aromatic rings. The van der Waals surface area contributed by atoms with E-state index in [2.05, 4.69) is 121 Å². The fraction of sp³-hybridized carbons (Fsp3) is 0.0769. The Kier molecular flexibility index (Phi) is 3.70. The van der Waals surface area contributed by atoms with E-state index in [1.807, 2.05) is 0 Å². The van der Waals surface area contributed by atoms with Gasteiger partial charge in [0.05, 0.1) is 0 Å². The van der Waals surface area contributed by atoms with Crippen LogP contribution in [0.5, 0.6) is 0 Å². The molecule has 4 aromatic carbocycles. The zero-order valence-corrected chi connectivity index (χ0v) is 15.0. The Balaban J connectivity index is 1.82. The summed E-state index contributed by atoms with van der Waals surface area (Å²) in [7, 11) is 0. The Hall–Kier alpha value is -3.16. The summed E-state index contributed by atoms with van der Waals surface area (Å²) in [5.41, 5.74) is 3.59. The molecule has 0 atom stereocenters. The molecule has 0 N–H and O–H groups in total. The molecule has 1 saturated heterocycles. The molecule has 0 bridgehead atoms. The van der Waals surface area contributed by atoms with Crippen LogP contribution in [0.2, 0.25) is 0 Å². The lowest BCUT2D eigenvalue weighted by Gasteiger charge is -2.22. The smallest absolute Gasteiger partial charge is 0.157 e. The third-order valence-electron chi connectivity index (χ3n) is 5.48. The van der Waals surface area contributed by atoms with Crippen molar-refractivity contribution in [1.82, 2.24) is 0 Å². The Morgan fingerprint density at radius 2 is 0.556 bits per heavy atom. The van der Waals surface area contributed by atoms with Gasteiger partial charge in [0, 0.05) is 0 Å². The third kappa shape index (κ3) is 2.29.